The Morgan fingerprint density at radius 3 is 2.33 bits per heavy atom. The van der Waals surface area contributed by atoms with Gasteiger partial charge in [0, 0.05) is 6.32 Å². The average Bonchev–Trinajstić information content (AvgIpc) is 2.47. The summed E-state index contributed by atoms with van der Waals surface area (Å²) in [5.74, 6) is 1.65. The standard InChI is InChI=1S/C9H9BO2/c1-2-7-10-11-8-5-3-4-6-9(8)12-10/h2-6H,1,7H2. The smallest absolute Gasteiger partial charge is 0.523 e. The van der Waals surface area contributed by atoms with Gasteiger partial charge in [0.1, 0.15) is 11.5 Å². The SMILES string of the molecule is C=CCB1Oc2ccccc2O1. The van der Waals surface area contributed by atoms with Crippen LogP contribution in [0.5, 0.6) is 11.5 Å². The molecule has 1 aromatic rings. The van der Waals surface area contributed by atoms with Gasteiger partial charge in [0.15, 0.2) is 0 Å². The van der Waals surface area contributed by atoms with Gasteiger partial charge >= 0.3 is 7.12 Å². The van der Waals surface area contributed by atoms with E-state index in [1.807, 2.05) is 24.3 Å². The number of hydrogen-bond acceptors (Lipinski definition) is 2. The second-order valence-electron chi connectivity index (χ2n) is 2.64. The lowest BCUT2D eigenvalue weighted by atomic mass is 9.85. The van der Waals surface area contributed by atoms with Crippen LogP contribution in [0.3, 0.4) is 0 Å². The Balaban J connectivity index is 2.16. The third kappa shape index (κ3) is 1.18. The minimum atomic E-state index is -0.181. The van der Waals surface area contributed by atoms with Crippen molar-refractivity contribution in [2.45, 2.75) is 6.32 Å². The summed E-state index contributed by atoms with van der Waals surface area (Å²) in [6, 6.07) is 7.66. The number of fused-ring (bicyclic) bond motifs is 1. The molecule has 12 heavy (non-hydrogen) atoms. The number of rotatable bonds is 2. The minimum absolute atomic E-state index is 0.181. The van der Waals surface area contributed by atoms with Gasteiger partial charge in [0.05, 0.1) is 0 Å². The molecule has 1 heterocycles. The predicted octanol–water partition coefficient (Wildman–Crippen LogP) is 2.13. The normalized spacial score (nSPS) is 13.2. The van der Waals surface area contributed by atoms with E-state index in [2.05, 4.69) is 6.58 Å². The Kier molecular flexibility index (Phi) is 1.78. The van der Waals surface area contributed by atoms with Crippen LogP contribution < -0.4 is 9.31 Å². The number of para-hydroxylation sites is 2. The first-order valence-corrected chi connectivity index (χ1v) is 3.93. The second kappa shape index (κ2) is 2.93. The third-order valence-electron chi connectivity index (χ3n) is 1.73. The zero-order chi connectivity index (χ0) is 8.39. The van der Waals surface area contributed by atoms with Gasteiger partial charge in [-0.2, -0.15) is 0 Å². The largest absolute Gasteiger partial charge is 0.598 e. The highest BCUT2D eigenvalue weighted by Gasteiger charge is 2.29. The van der Waals surface area contributed by atoms with Crippen molar-refractivity contribution in [2.75, 3.05) is 0 Å². The van der Waals surface area contributed by atoms with Crippen molar-refractivity contribution in [2.24, 2.45) is 0 Å². The maximum Gasteiger partial charge on any atom is 0.598 e. The summed E-state index contributed by atoms with van der Waals surface area (Å²) in [5.41, 5.74) is 0. The van der Waals surface area contributed by atoms with E-state index in [-0.39, 0.29) is 7.12 Å². The Bertz CT molecular complexity index is 273. The molecular weight excluding hydrogens is 151 g/mol. The Morgan fingerprint density at radius 2 is 1.83 bits per heavy atom. The predicted molar refractivity (Wildman–Crippen MR) is 48.5 cm³/mol. The summed E-state index contributed by atoms with van der Waals surface area (Å²) in [6.07, 6.45) is 2.51. The molecule has 0 unspecified atom stereocenters. The van der Waals surface area contributed by atoms with Gasteiger partial charge in [0.2, 0.25) is 0 Å². The highest BCUT2D eigenvalue weighted by molar-refractivity contribution is 6.48. The summed E-state index contributed by atoms with van der Waals surface area (Å²) >= 11 is 0. The number of allylic oxidation sites excluding steroid dienone is 1. The molecule has 2 rings (SSSR count). The summed E-state index contributed by atoms with van der Waals surface area (Å²) in [5, 5.41) is 0. The molecular formula is C9H9BO2. The molecule has 0 aliphatic carbocycles. The average molecular weight is 160 g/mol. The maximum atomic E-state index is 5.45. The lowest BCUT2D eigenvalue weighted by Gasteiger charge is -1.98. The van der Waals surface area contributed by atoms with Gasteiger partial charge in [-0.25, -0.2) is 0 Å². The fourth-order valence-electron chi connectivity index (χ4n) is 1.18. The van der Waals surface area contributed by atoms with Crippen molar-refractivity contribution in [3.05, 3.63) is 36.9 Å². The molecule has 0 saturated heterocycles. The van der Waals surface area contributed by atoms with E-state index in [0.29, 0.717) is 6.32 Å². The zero-order valence-corrected chi connectivity index (χ0v) is 6.69. The number of benzene rings is 1. The molecule has 0 saturated carbocycles. The van der Waals surface area contributed by atoms with Crippen molar-refractivity contribution in [3.8, 4) is 11.5 Å². The van der Waals surface area contributed by atoms with Crippen LogP contribution in [0.2, 0.25) is 6.32 Å². The fraction of sp³-hybridized carbons (Fsp3) is 0.111. The van der Waals surface area contributed by atoms with E-state index in [9.17, 15) is 0 Å². The van der Waals surface area contributed by atoms with Gasteiger partial charge < -0.3 is 9.31 Å². The van der Waals surface area contributed by atoms with Gasteiger partial charge in [-0.1, -0.05) is 18.2 Å². The van der Waals surface area contributed by atoms with Crippen molar-refractivity contribution >= 4 is 7.12 Å². The number of hydrogen-bond donors (Lipinski definition) is 0. The Labute approximate surface area is 72.0 Å². The summed E-state index contributed by atoms with van der Waals surface area (Å²) in [6.45, 7) is 3.63. The third-order valence-corrected chi connectivity index (χ3v) is 1.73. The molecule has 0 N–H and O–H groups in total. The molecule has 0 radical (unpaired) electrons. The zero-order valence-electron chi connectivity index (χ0n) is 6.69. The van der Waals surface area contributed by atoms with Crippen molar-refractivity contribution < 1.29 is 9.31 Å². The van der Waals surface area contributed by atoms with E-state index in [1.165, 1.54) is 0 Å². The summed E-state index contributed by atoms with van der Waals surface area (Å²) in [4.78, 5) is 0. The molecule has 0 atom stereocenters. The van der Waals surface area contributed by atoms with Crippen LogP contribution in [0.1, 0.15) is 0 Å². The van der Waals surface area contributed by atoms with Crippen LogP contribution in [-0.4, -0.2) is 7.12 Å². The molecule has 0 spiro atoms. The molecule has 0 amide bonds. The topological polar surface area (TPSA) is 18.5 Å². The van der Waals surface area contributed by atoms with E-state index in [4.69, 9.17) is 9.31 Å². The van der Waals surface area contributed by atoms with E-state index < -0.39 is 0 Å². The van der Waals surface area contributed by atoms with Gasteiger partial charge in [-0.15, -0.1) is 6.58 Å². The molecule has 0 aromatic heterocycles. The fourth-order valence-corrected chi connectivity index (χ4v) is 1.18. The minimum Gasteiger partial charge on any atom is -0.523 e. The van der Waals surface area contributed by atoms with Crippen molar-refractivity contribution in [3.63, 3.8) is 0 Å². The van der Waals surface area contributed by atoms with Gasteiger partial charge in [-0.05, 0) is 12.1 Å². The molecule has 1 aromatic carbocycles. The highest BCUT2D eigenvalue weighted by Crippen LogP contribution is 2.33. The van der Waals surface area contributed by atoms with Crippen LogP contribution in [0.25, 0.3) is 0 Å². The maximum absolute atomic E-state index is 5.45. The highest BCUT2D eigenvalue weighted by atomic mass is 16.6. The molecule has 0 fully saturated rings. The molecule has 2 nitrogen and oxygen atoms in total. The quantitative estimate of drug-likeness (QED) is 0.487. The summed E-state index contributed by atoms with van der Waals surface area (Å²) < 4.78 is 10.9. The van der Waals surface area contributed by atoms with Crippen molar-refractivity contribution in [1.82, 2.24) is 0 Å². The Morgan fingerprint density at radius 1 is 1.25 bits per heavy atom. The van der Waals surface area contributed by atoms with E-state index >= 15 is 0 Å². The van der Waals surface area contributed by atoms with Crippen LogP contribution in [0, 0.1) is 0 Å². The molecule has 1 aliphatic heterocycles. The summed E-state index contributed by atoms with van der Waals surface area (Å²) in [7, 11) is -0.181. The van der Waals surface area contributed by atoms with E-state index in [1.54, 1.807) is 6.08 Å². The van der Waals surface area contributed by atoms with Crippen LogP contribution in [0.15, 0.2) is 36.9 Å². The van der Waals surface area contributed by atoms with Crippen LogP contribution >= 0.6 is 0 Å². The lowest BCUT2D eigenvalue weighted by Crippen LogP contribution is -2.22. The Hall–Kier alpha value is -1.38. The van der Waals surface area contributed by atoms with E-state index in [0.717, 1.165) is 11.5 Å². The lowest BCUT2D eigenvalue weighted by molar-refractivity contribution is 0.503. The second-order valence-corrected chi connectivity index (χ2v) is 2.64. The molecule has 0 bridgehead atoms. The molecule has 3 heteroatoms. The van der Waals surface area contributed by atoms with Crippen molar-refractivity contribution in [1.29, 1.82) is 0 Å². The monoisotopic (exact) mass is 160 g/mol. The molecule has 60 valence electrons. The van der Waals surface area contributed by atoms with Crippen LogP contribution in [0.4, 0.5) is 0 Å². The first-order valence-electron chi connectivity index (χ1n) is 3.93. The van der Waals surface area contributed by atoms with Crippen LogP contribution in [-0.2, 0) is 0 Å². The van der Waals surface area contributed by atoms with Gasteiger partial charge in [-0.3, -0.25) is 0 Å². The first-order chi connectivity index (χ1) is 5.90. The van der Waals surface area contributed by atoms with Gasteiger partial charge in [0.25, 0.3) is 0 Å². The first kappa shape index (κ1) is 7.28. The molecule has 1 aliphatic rings.